The summed E-state index contributed by atoms with van der Waals surface area (Å²) in [4.78, 5) is 14.8. The highest BCUT2D eigenvalue weighted by Crippen LogP contribution is 2.51. The van der Waals surface area contributed by atoms with E-state index < -0.39 is 0 Å². The number of carbonyl (C=O) groups is 1. The molecule has 1 aliphatic heterocycles. The Hall–Kier alpha value is -2.24. The molecule has 2 heterocycles. The topological polar surface area (TPSA) is 59.2 Å². The van der Waals surface area contributed by atoms with Gasteiger partial charge in [-0.2, -0.15) is 0 Å². The van der Waals surface area contributed by atoms with Crippen LogP contribution in [0.3, 0.4) is 0 Å². The minimum atomic E-state index is -0.333. The van der Waals surface area contributed by atoms with Crippen LogP contribution in [0.1, 0.15) is 38.5 Å². The first-order valence-electron chi connectivity index (χ1n) is 9.42. The van der Waals surface area contributed by atoms with E-state index in [0.29, 0.717) is 48.2 Å². The van der Waals surface area contributed by atoms with Crippen molar-refractivity contribution in [3.63, 3.8) is 0 Å². The highest BCUT2D eigenvalue weighted by Gasteiger charge is 2.52. The molecule has 2 saturated carbocycles. The van der Waals surface area contributed by atoms with Gasteiger partial charge in [0.1, 0.15) is 5.82 Å². The smallest absolute Gasteiger partial charge is 0.247 e. The number of rotatable bonds is 5. The number of benzene rings is 1. The van der Waals surface area contributed by atoms with Crippen LogP contribution >= 0.6 is 0 Å². The first-order chi connectivity index (χ1) is 12.5. The van der Waals surface area contributed by atoms with Crippen LogP contribution in [-0.2, 0) is 10.2 Å². The third kappa shape index (κ3) is 2.72. The van der Waals surface area contributed by atoms with E-state index in [2.05, 4.69) is 10.2 Å². The Morgan fingerprint density at radius 2 is 1.92 bits per heavy atom. The predicted octanol–water partition coefficient (Wildman–Crippen LogP) is 3.41. The van der Waals surface area contributed by atoms with Gasteiger partial charge in [-0.05, 0) is 62.6 Å². The van der Waals surface area contributed by atoms with Crippen molar-refractivity contribution in [1.29, 1.82) is 0 Å². The van der Waals surface area contributed by atoms with Gasteiger partial charge in [0.2, 0.25) is 17.7 Å². The maximum Gasteiger partial charge on any atom is 0.247 e. The number of hydrogen-bond donors (Lipinski definition) is 0. The molecule has 0 spiro atoms. The van der Waals surface area contributed by atoms with E-state index in [-0.39, 0.29) is 17.2 Å². The van der Waals surface area contributed by atoms with Crippen molar-refractivity contribution in [2.75, 3.05) is 13.1 Å². The number of nitrogens with zero attached hydrogens (tertiary/aromatic N) is 3. The molecule has 5 rings (SSSR count). The molecule has 1 aromatic carbocycles. The summed E-state index contributed by atoms with van der Waals surface area (Å²) in [5, 5.41) is 8.24. The van der Waals surface area contributed by atoms with E-state index in [4.69, 9.17) is 4.42 Å². The monoisotopic (exact) mass is 355 g/mol. The quantitative estimate of drug-likeness (QED) is 0.825. The molecular formula is C20H22FN3O2. The summed E-state index contributed by atoms with van der Waals surface area (Å²) in [5.74, 6) is 2.30. The Labute approximate surface area is 151 Å². The molecule has 1 saturated heterocycles. The molecule has 26 heavy (non-hydrogen) atoms. The van der Waals surface area contributed by atoms with E-state index in [0.717, 1.165) is 0 Å². The summed E-state index contributed by atoms with van der Waals surface area (Å²) in [5.41, 5.74) is 0.258. The number of aromatic nitrogens is 2. The summed E-state index contributed by atoms with van der Waals surface area (Å²) in [6.45, 7) is 3.28. The van der Waals surface area contributed by atoms with Gasteiger partial charge in [-0.15, -0.1) is 10.2 Å². The van der Waals surface area contributed by atoms with Crippen LogP contribution in [0.5, 0.6) is 0 Å². The SMILES string of the molecule is CC1(c2nnc(-c3cccc(F)c3)o2)CN(C(=O)C(C2CC2)C2CC2)C1. The minimum Gasteiger partial charge on any atom is -0.420 e. The van der Waals surface area contributed by atoms with Gasteiger partial charge in [-0.1, -0.05) is 6.07 Å². The van der Waals surface area contributed by atoms with Gasteiger partial charge in [-0.3, -0.25) is 4.79 Å². The second-order valence-corrected chi connectivity index (χ2v) is 8.38. The molecule has 0 N–H and O–H groups in total. The maximum absolute atomic E-state index is 13.4. The van der Waals surface area contributed by atoms with Crippen molar-refractivity contribution in [2.24, 2.45) is 17.8 Å². The molecular weight excluding hydrogens is 333 g/mol. The third-order valence-electron chi connectivity index (χ3n) is 5.95. The molecule has 6 heteroatoms. The summed E-state index contributed by atoms with van der Waals surface area (Å²) >= 11 is 0. The molecule has 0 radical (unpaired) electrons. The molecule has 0 atom stereocenters. The van der Waals surface area contributed by atoms with E-state index in [1.54, 1.807) is 12.1 Å². The van der Waals surface area contributed by atoms with Crippen LogP contribution in [0.2, 0.25) is 0 Å². The first-order valence-corrected chi connectivity index (χ1v) is 9.42. The van der Waals surface area contributed by atoms with Gasteiger partial charge in [0, 0.05) is 24.6 Å². The molecule has 5 nitrogen and oxygen atoms in total. The lowest BCUT2D eigenvalue weighted by atomic mass is 9.80. The minimum absolute atomic E-state index is 0.241. The normalized spacial score (nSPS) is 21.7. The standard InChI is InChI=1S/C20H22FN3O2/c1-20(19-23-22-17(26-19)14-3-2-4-15(21)9-14)10-24(11-20)18(25)16(12-5-6-12)13-7-8-13/h2-4,9,12-13,16H,5-8,10-11H2,1H3. The molecule has 0 bridgehead atoms. The fourth-order valence-corrected chi connectivity index (χ4v) is 4.20. The van der Waals surface area contributed by atoms with E-state index in [1.165, 1.54) is 37.8 Å². The van der Waals surface area contributed by atoms with Crippen molar-refractivity contribution in [1.82, 2.24) is 15.1 Å². The number of hydrogen-bond acceptors (Lipinski definition) is 4. The average Bonchev–Trinajstić information content (AvgIpc) is 3.53. The summed E-state index contributed by atoms with van der Waals surface area (Å²) < 4.78 is 19.2. The Morgan fingerprint density at radius 3 is 2.54 bits per heavy atom. The van der Waals surface area contributed by atoms with Crippen LogP contribution in [0.25, 0.3) is 11.5 Å². The Kier molecular flexibility index (Phi) is 3.46. The second kappa shape index (κ2) is 5.63. The maximum atomic E-state index is 13.4. The van der Waals surface area contributed by atoms with Crippen molar-refractivity contribution in [3.05, 3.63) is 36.0 Å². The van der Waals surface area contributed by atoms with Crippen molar-refractivity contribution < 1.29 is 13.6 Å². The highest BCUT2D eigenvalue weighted by molar-refractivity contribution is 5.81. The molecule has 3 fully saturated rings. The van der Waals surface area contributed by atoms with Crippen LogP contribution in [-0.4, -0.2) is 34.1 Å². The Morgan fingerprint density at radius 1 is 1.23 bits per heavy atom. The fraction of sp³-hybridized carbons (Fsp3) is 0.550. The number of carbonyl (C=O) groups excluding carboxylic acids is 1. The fourth-order valence-electron chi connectivity index (χ4n) is 4.20. The summed E-state index contributed by atoms with van der Waals surface area (Å²) in [6, 6.07) is 6.13. The van der Waals surface area contributed by atoms with Gasteiger partial charge < -0.3 is 9.32 Å². The van der Waals surface area contributed by atoms with Gasteiger partial charge in [-0.25, -0.2) is 4.39 Å². The van der Waals surface area contributed by atoms with Gasteiger partial charge in [0.25, 0.3) is 0 Å². The molecule has 2 aliphatic carbocycles. The molecule has 2 aromatic rings. The van der Waals surface area contributed by atoms with Gasteiger partial charge in [0.05, 0.1) is 5.41 Å². The summed E-state index contributed by atoms with van der Waals surface area (Å²) in [7, 11) is 0. The Bertz CT molecular complexity index is 838. The van der Waals surface area contributed by atoms with Crippen molar-refractivity contribution in [2.45, 2.75) is 38.0 Å². The average molecular weight is 355 g/mol. The van der Waals surface area contributed by atoms with Crippen molar-refractivity contribution >= 4 is 5.91 Å². The predicted molar refractivity (Wildman–Crippen MR) is 92.6 cm³/mol. The van der Waals surface area contributed by atoms with E-state index >= 15 is 0 Å². The molecule has 0 unspecified atom stereocenters. The lowest BCUT2D eigenvalue weighted by Gasteiger charge is -2.47. The van der Waals surface area contributed by atoms with Gasteiger partial charge >= 0.3 is 0 Å². The number of amides is 1. The molecule has 1 amide bonds. The van der Waals surface area contributed by atoms with E-state index in [9.17, 15) is 9.18 Å². The first kappa shape index (κ1) is 16.0. The summed E-state index contributed by atoms with van der Waals surface area (Å²) in [6.07, 6.45) is 4.83. The molecule has 136 valence electrons. The zero-order valence-corrected chi connectivity index (χ0v) is 14.8. The largest absolute Gasteiger partial charge is 0.420 e. The van der Waals surface area contributed by atoms with Crippen LogP contribution in [0, 0.1) is 23.6 Å². The van der Waals surface area contributed by atoms with Crippen LogP contribution < -0.4 is 0 Å². The lowest BCUT2D eigenvalue weighted by Crippen LogP contribution is -2.61. The number of halogens is 1. The van der Waals surface area contributed by atoms with Crippen LogP contribution in [0.4, 0.5) is 4.39 Å². The van der Waals surface area contributed by atoms with Gasteiger partial charge in [0.15, 0.2) is 0 Å². The highest BCUT2D eigenvalue weighted by atomic mass is 19.1. The Balaban J connectivity index is 1.29. The third-order valence-corrected chi connectivity index (χ3v) is 5.95. The number of likely N-dealkylation sites (tertiary alicyclic amines) is 1. The lowest BCUT2D eigenvalue weighted by molar-refractivity contribution is -0.145. The van der Waals surface area contributed by atoms with Crippen molar-refractivity contribution in [3.8, 4) is 11.5 Å². The second-order valence-electron chi connectivity index (χ2n) is 8.38. The van der Waals surface area contributed by atoms with E-state index in [1.807, 2.05) is 11.8 Å². The molecule has 3 aliphatic rings. The van der Waals surface area contributed by atoms with Crippen LogP contribution in [0.15, 0.2) is 28.7 Å². The zero-order valence-electron chi connectivity index (χ0n) is 14.8. The zero-order chi connectivity index (χ0) is 17.9. The molecule has 1 aromatic heterocycles.